The molecule has 1 unspecified atom stereocenters. The van der Waals surface area contributed by atoms with E-state index in [1.807, 2.05) is 13.8 Å². The highest BCUT2D eigenvalue weighted by atomic mass is 16.1. The number of carbonyl (C=O) groups excluding carboxylic acids is 1. The predicted molar refractivity (Wildman–Crippen MR) is 78.1 cm³/mol. The first-order valence-electron chi connectivity index (χ1n) is 6.91. The second-order valence-corrected chi connectivity index (χ2v) is 5.46. The number of aromatic nitrogens is 2. The first kappa shape index (κ1) is 14.5. The van der Waals surface area contributed by atoms with Gasteiger partial charge in [-0.05, 0) is 12.8 Å². The summed E-state index contributed by atoms with van der Waals surface area (Å²) in [6, 6.07) is 1.80. The van der Waals surface area contributed by atoms with E-state index < -0.39 is 0 Å². The molecular weight excluding hydrogens is 256 g/mol. The molecule has 1 atom stereocenters. The molecule has 110 valence electrons. The van der Waals surface area contributed by atoms with Gasteiger partial charge in [-0.3, -0.25) is 4.79 Å². The summed E-state index contributed by atoms with van der Waals surface area (Å²) >= 11 is 0. The Morgan fingerprint density at radius 2 is 2.25 bits per heavy atom. The van der Waals surface area contributed by atoms with Crippen LogP contribution in [-0.4, -0.2) is 29.0 Å². The van der Waals surface area contributed by atoms with Crippen molar-refractivity contribution in [2.24, 2.45) is 17.5 Å². The molecule has 7 heteroatoms. The van der Waals surface area contributed by atoms with E-state index >= 15 is 0 Å². The van der Waals surface area contributed by atoms with Crippen LogP contribution < -0.4 is 21.9 Å². The minimum absolute atomic E-state index is 0.115. The maximum Gasteiger partial charge on any atom is 0.222 e. The molecule has 1 saturated heterocycles. The van der Waals surface area contributed by atoms with Crippen LogP contribution in [0.4, 0.5) is 11.6 Å². The van der Waals surface area contributed by atoms with Crippen LogP contribution in [0, 0.1) is 5.92 Å². The molecule has 5 N–H and O–H groups in total. The molecule has 1 aromatic heterocycles. The van der Waals surface area contributed by atoms with Crippen molar-refractivity contribution >= 4 is 17.5 Å². The average Bonchev–Trinajstić information content (AvgIpc) is 2.46. The van der Waals surface area contributed by atoms with E-state index in [1.54, 1.807) is 6.07 Å². The van der Waals surface area contributed by atoms with E-state index in [-0.39, 0.29) is 17.7 Å². The Hall–Kier alpha value is -1.89. The molecule has 7 nitrogen and oxygen atoms in total. The number of hydrogen-bond donors (Lipinski definition) is 3. The van der Waals surface area contributed by atoms with E-state index in [0.29, 0.717) is 12.4 Å². The maximum atomic E-state index is 11.4. The van der Waals surface area contributed by atoms with E-state index in [4.69, 9.17) is 11.6 Å². The molecule has 0 aliphatic carbocycles. The molecule has 0 aromatic carbocycles. The number of hydrazine groups is 1. The van der Waals surface area contributed by atoms with Gasteiger partial charge >= 0.3 is 0 Å². The van der Waals surface area contributed by atoms with E-state index in [1.165, 1.54) is 0 Å². The molecular formula is C13H22N6O. The second-order valence-electron chi connectivity index (χ2n) is 5.46. The predicted octanol–water partition coefficient (Wildman–Crippen LogP) is 0.587. The number of rotatable bonds is 4. The van der Waals surface area contributed by atoms with Crippen molar-refractivity contribution in [2.45, 2.75) is 32.6 Å². The van der Waals surface area contributed by atoms with Crippen molar-refractivity contribution in [1.29, 1.82) is 0 Å². The summed E-state index contributed by atoms with van der Waals surface area (Å²) in [5.41, 5.74) is 7.98. The third-order valence-corrected chi connectivity index (χ3v) is 3.54. The quantitative estimate of drug-likeness (QED) is 0.549. The number of nitrogen functional groups attached to an aromatic ring is 1. The molecule has 1 aliphatic rings. The molecule has 1 fully saturated rings. The van der Waals surface area contributed by atoms with Crippen molar-refractivity contribution in [3.05, 3.63) is 11.9 Å². The van der Waals surface area contributed by atoms with Crippen LogP contribution >= 0.6 is 0 Å². The second kappa shape index (κ2) is 6.04. The monoisotopic (exact) mass is 278 g/mol. The number of primary amides is 1. The zero-order valence-electron chi connectivity index (χ0n) is 12.0. The van der Waals surface area contributed by atoms with Crippen molar-refractivity contribution in [1.82, 2.24) is 9.97 Å². The van der Waals surface area contributed by atoms with Gasteiger partial charge in [0.05, 0.1) is 5.92 Å². The van der Waals surface area contributed by atoms with Crippen LogP contribution in [-0.2, 0) is 4.79 Å². The largest absolute Gasteiger partial charge is 0.369 e. The Morgan fingerprint density at radius 3 is 2.85 bits per heavy atom. The highest BCUT2D eigenvalue weighted by Crippen LogP contribution is 2.24. The average molecular weight is 278 g/mol. The van der Waals surface area contributed by atoms with Crippen molar-refractivity contribution in [2.75, 3.05) is 23.4 Å². The number of amides is 1. The zero-order valence-corrected chi connectivity index (χ0v) is 12.0. The molecule has 0 bridgehead atoms. The third kappa shape index (κ3) is 3.16. The zero-order chi connectivity index (χ0) is 14.7. The topological polar surface area (TPSA) is 110 Å². The fraction of sp³-hybridized carbons (Fsp3) is 0.615. The number of nitrogens with one attached hydrogen (secondary N) is 1. The van der Waals surface area contributed by atoms with Gasteiger partial charge in [0.2, 0.25) is 5.91 Å². The SMILES string of the molecule is CC(C)c1nc(NN)cc(N2CCCC(C(N)=O)C2)n1. The van der Waals surface area contributed by atoms with Gasteiger partial charge in [-0.2, -0.15) is 0 Å². The van der Waals surface area contributed by atoms with Crippen LogP contribution in [0.15, 0.2) is 6.07 Å². The van der Waals surface area contributed by atoms with Crippen molar-refractivity contribution < 1.29 is 4.79 Å². The van der Waals surface area contributed by atoms with Crippen LogP contribution in [0.1, 0.15) is 38.4 Å². The summed E-state index contributed by atoms with van der Waals surface area (Å²) in [6.07, 6.45) is 1.77. The van der Waals surface area contributed by atoms with E-state index in [9.17, 15) is 4.79 Å². The van der Waals surface area contributed by atoms with E-state index in [2.05, 4.69) is 20.3 Å². The Balaban J connectivity index is 2.26. The van der Waals surface area contributed by atoms with Gasteiger partial charge in [0.25, 0.3) is 0 Å². The molecule has 0 saturated carbocycles. The number of hydrogen-bond acceptors (Lipinski definition) is 6. The first-order valence-corrected chi connectivity index (χ1v) is 6.91. The summed E-state index contributed by atoms with van der Waals surface area (Å²) in [5, 5.41) is 0. The van der Waals surface area contributed by atoms with E-state index in [0.717, 1.165) is 31.0 Å². The van der Waals surface area contributed by atoms with Crippen LogP contribution in [0.3, 0.4) is 0 Å². The normalized spacial score (nSPS) is 19.2. The molecule has 1 aliphatic heterocycles. The van der Waals surface area contributed by atoms with Gasteiger partial charge < -0.3 is 16.1 Å². The minimum atomic E-state index is -0.245. The lowest BCUT2D eigenvalue weighted by Crippen LogP contribution is -2.41. The fourth-order valence-electron chi connectivity index (χ4n) is 2.36. The Bertz CT molecular complexity index is 490. The lowest BCUT2D eigenvalue weighted by molar-refractivity contribution is -0.122. The standard InChI is InChI=1S/C13H22N6O/c1-8(2)13-16-10(18-15)6-11(17-13)19-5-3-4-9(7-19)12(14)20/h6,8-9H,3-5,7,15H2,1-2H3,(H2,14,20)(H,16,17,18). The molecule has 0 spiro atoms. The molecule has 2 rings (SSSR count). The molecule has 1 amide bonds. The smallest absolute Gasteiger partial charge is 0.222 e. The number of nitrogens with zero attached hydrogens (tertiary/aromatic N) is 3. The fourth-order valence-corrected chi connectivity index (χ4v) is 2.36. The van der Waals surface area contributed by atoms with Crippen molar-refractivity contribution in [3.8, 4) is 0 Å². The minimum Gasteiger partial charge on any atom is -0.369 e. The molecule has 20 heavy (non-hydrogen) atoms. The van der Waals surface area contributed by atoms with Crippen LogP contribution in [0.5, 0.6) is 0 Å². The molecule has 0 radical (unpaired) electrons. The van der Waals surface area contributed by atoms with Gasteiger partial charge in [-0.15, -0.1) is 0 Å². The van der Waals surface area contributed by atoms with Gasteiger partial charge in [-0.1, -0.05) is 13.8 Å². The Kier molecular flexibility index (Phi) is 4.39. The van der Waals surface area contributed by atoms with Gasteiger partial charge in [-0.25, -0.2) is 15.8 Å². The maximum absolute atomic E-state index is 11.4. The van der Waals surface area contributed by atoms with Crippen molar-refractivity contribution in [3.63, 3.8) is 0 Å². The number of nitrogens with two attached hydrogens (primary N) is 2. The highest BCUT2D eigenvalue weighted by molar-refractivity contribution is 5.77. The summed E-state index contributed by atoms with van der Waals surface area (Å²) in [6.45, 7) is 5.53. The summed E-state index contributed by atoms with van der Waals surface area (Å²) in [4.78, 5) is 22.3. The van der Waals surface area contributed by atoms with Gasteiger partial charge in [0.1, 0.15) is 17.5 Å². The number of anilines is 2. The Morgan fingerprint density at radius 1 is 1.50 bits per heavy atom. The lowest BCUT2D eigenvalue weighted by Gasteiger charge is -2.32. The third-order valence-electron chi connectivity index (χ3n) is 3.54. The summed E-state index contributed by atoms with van der Waals surface area (Å²) in [5.74, 6) is 7.42. The first-order chi connectivity index (χ1) is 9.51. The number of carbonyl (C=O) groups is 1. The van der Waals surface area contributed by atoms with Crippen LogP contribution in [0.2, 0.25) is 0 Å². The molecule has 1 aromatic rings. The summed E-state index contributed by atoms with van der Waals surface area (Å²) in [7, 11) is 0. The molecule has 2 heterocycles. The van der Waals surface area contributed by atoms with Crippen LogP contribution in [0.25, 0.3) is 0 Å². The summed E-state index contributed by atoms with van der Waals surface area (Å²) < 4.78 is 0. The number of piperidine rings is 1. The lowest BCUT2D eigenvalue weighted by atomic mass is 9.97. The Labute approximate surface area is 118 Å². The van der Waals surface area contributed by atoms with Gasteiger partial charge in [0.15, 0.2) is 0 Å². The highest BCUT2D eigenvalue weighted by Gasteiger charge is 2.25. The van der Waals surface area contributed by atoms with Gasteiger partial charge in [0, 0.05) is 25.1 Å².